The normalized spacial score (nSPS) is 14.5. The van der Waals surface area contributed by atoms with Gasteiger partial charge in [0.05, 0.1) is 12.5 Å². The molecule has 0 aliphatic heterocycles. The summed E-state index contributed by atoms with van der Waals surface area (Å²) in [5.74, 6) is 0.541. The van der Waals surface area contributed by atoms with Crippen LogP contribution >= 0.6 is 11.8 Å². The van der Waals surface area contributed by atoms with Crippen molar-refractivity contribution in [1.29, 1.82) is 0 Å². The lowest BCUT2D eigenvalue weighted by Crippen LogP contribution is -2.33. The molecule has 1 unspecified atom stereocenters. The Morgan fingerprint density at radius 3 is 2.35 bits per heavy atom. The monoisotopic (exact) mass is 369 g/mol. The van der Waals surface area contributed by atoms with Crippen LogP contribution < -0.4 is 5.32 Å². The zero-order chi connectivity index (χ0) is 18.2. The molecule has 0 heterocycles. The van der Waals surface area contributed by atoms with E-state index < -0.39 is 0 Å². The van der Waals surface area contributed by atoms with Gasteiger partial charge in [0.25, 0.3) is 5.91 Å². The molecule has 1 amide bonds. The van der Waals surface area contributed by atoms with Gasteiger partial charge in [-0.15, -0.1) is 11.8 Å². The summed E-state index contributed by atoms with van der Waals surface area (Å²) in [7, 11) is 0. The first-order valence-corrected chi connectivity index (χ1v) is 9.89. The molecule has 2 aromatic carbocycles. The Labute approximate surface area is 158 Å². The number of ether oxygens (including phenoxy) is 1. The van der Waals surface area contributed by atoms with Crippen molar-refractivity contribution >= 4 is 23.6 Å². The molecule has 0 bridgehead atoms. The van der Waals surface area contributed by atoms with Crippen LogP contribution in [0, 0.1) is 5.92 Å². The van der Waals surface area contributed by atoms with Crippen LogP contribution in [0.2, 0.25) is 0 Å². The van der Waals surface area contributed by atoms with Crippen LogP contribution in [-0.4, -0.2) is 24.2 Å². The number of benzene rings is 2. The van der Waals surface area contributed by atoms with Gasteiger partial charge in [-0.25, -0.2) is 0 Å². The van der Waals surface area contributed by atoms with Crippen molar-refractivity contribution in [3.05, 3.63) is 66.2 Å². The molecular weight excluding hydrogens is 346 g/mol. The van der Waals surface area contributed by atoms with Gasteiger partial charge < -0.3 is 10.1 Å². The van der Waals surface area contributed by atoms with Crippen LogP contribution in [0.5, 0.6) is 0 Å². The van der Waals surface area contributed by atoms with E-state index in [1.54, 1.807) is 11.8 Å². The summed E-state index contributed by atoms with van der Waals surface area (Å²) in [6.07, 6.45) is 2.53. The van der Waals surface area contributed by atoms with Crippen molar-refractivity contribution in [2.24, 2.45) is 5.92 Å². The van der Waals surface area contributed by atoms with E-state index in [9.17, 15) is 9.59 Å². The first-order chi connectivity index (χ1) is 12.7. The average Bonchev–Trinajstić information content (AvgIpc) is 3.51. The Hall–Kier alpha value is -2.27. The predicted octanol–water partition coefficient (Wildman–Crippen LogP) is 3.98. The SMILES string of the molecule is O=C(COC(=O)CCSc1ccccc1)NC(c1ccccc1)C1CC1. The fraction of sp³-hybridized carbons (Fsp3) is 0.333. The highest BCUT2D eigenvalue weighted by Crippen LogP contribution is 2.40. The molecule has 0 radical (unpaired) electrons. The third-order valence-electron chi connectivity index (χ3n) is 4.25. The summed E-state index contributed by atoms with van der Waals surface area (Å²) in [5.41, 5.74) is 1.11. The van der Waals surface area contributed by atoms with Gasteiger partial charge in [0.1, 0.15) is 0 Å². The second kappa shape index (κ2) is 9.43. The number of esters is 1. The molecule has 2 aromatic rings. The first kappa shape index (κ1) is 18.5. The molecule has 1 aliphatic carbocycles. The molecule has 1 N–H and O–H groups in total. The highest BCUT2D eigenvalue weighted by molar-refractivity contribution is 7.99. The summed E-state index contributed by atoms with van der Waals surface area (Å²) in [6.45, 7) is -0.217. The topological polar surface area (TPSA) is 55.4 Å². The summed E-state index contributed by atoms with van der Waals surface area (Å²) >= 11 is 1.60. The average molecular weight is 369 g/mol. The second-order valence-corrected chi connectivity index (χ2v) is 7.53. The maximum atomic E-state index is 12.2. The minimum absolute atomic E-state index is 0.0102. The van der Waals surface area contributed by atoms with Crippen molar-refractivity contribution in [2.75, 3.05) is 12.4 Å². The highest BCUT2D eigenvalue weighted by atomic mass is 32.2. The van der Waals surface area contributed by atoms with Gasteiger partial charge in [-0.2, -0.15) is 0 Å². The number of rotatable bonds is 9. The zero-order valence-corrected chi connectivity index (χ0v) is 15.4. The van der Waals surface area contributed by atoms with E-state index in [-0.39, 0.29) is 30.9 Å². The molecule has 1 aliphatic rings. The van der Waals surface area contributed by atoms with Gasteiger partial charge in [-0.3, -0.25) is 9.59 Å². The van der Waals surface area contributed by atoms with E-state index in [0.29, 0.717) is 11.7 Å². The van der Waals surface area contributed by atoms with Crippen LogP contribution in [0.3, 0.4) is 0 Å². The fourth-order valence-corrected chi connectivity index (χ4v) is 3.62. The molecule has 1 saturated carbocycles. The number of hydrogen-bond donors (Lipinski definition) is 1. The van der Waals surface area contributed by atoms with Gasteiger partial charge >= 0.3 is 5.97 Å². The number of carbonyl (C=O) groups is 2. The lowest BCUT2D eigenvalue weighted by molar-refractivity contribution is -0.148. The van der Waals surface area contributed by atoms with Crippen LogP contribution in [-0.2, 0) is 14.3 Å². The van der Waals surface area contributed by atoms with E-state index in [4.69, 9.17) is 4.74 Å². The third-order valence-corrected chi connectivity index (χ3v) is 5.26. The third kappa shape index (κ3) is 5.92. The van der Waals surface area contributed by atoms with Crippen molar-refractivity contribution in [1.82, 2.24) is 5.32 Å². The number of hydrogen-bond acceptors (Lipinski definition) is 4. The minimum Gasteiger partial charge on any atom is -0.456 e. The van der Waals surface area contributed by atoms with E-state index in [0.717, 1.165) is 23.3 Å². The van der Waals surface area contributed by atoms with Crippen LogP contribution in [0.25, 0.3) is 0 Å². The standard InChI is InChI=1S/C21H23NO3S/c23-19(22-21(17-11-12-17)16-7-3-1-4-8-16)15-25-20(24)13-14-26-18-9-5-2-6-10-18/h1-10,17,21H,11-15H2,(H,22,23). The maximum absolute atomic E-state index is 12.2. The quantitative estimate of drug-likeness (QED) is 0.537. The lowest BCUT2D eigenvalue weighted by atomic mass is 10.0. The number of thioether (sulfide) groups is 1. The highest BCUT2D eigenvalue weighted by Gasteiger charge is 2.33. The van der Waals surface area contributed by atoms with E-state index in [1.165, 1.54) is 0 Å². The Bertz CT molecular complexity index is 717. The van der Waals surface area contributed by atoms with Crippen molar-refractivity contribution in [3.63, 3.8) is 0 Å². The smallest absolute Gasteiger partial charge is 0.307 e. The number of carbonyl (C=O) groups excluding carboxylic acids is 2. The molecule has 1 fully saturated rings. The summed E-state index contributed by atoms with van der Waals surface area (Å²) in [6, 6.07) is 19.9. The molecule has 0 aromatic heterocycles. The Morgan fingerprint density at radius 1 is 1.04 bits per heavy atom. The summed E-state index contributed by atoms with van der Waals surface area (Å²) < 4.78 is 5.11. The molecular formula is C21H23NO3S. The first-order valence-electron chi connectivity index (χ1n) is 8.90. The molecule has 5 heteroatoms. The van der Waals surface area contributed by atoms with Gasteiger partial charge in [0, 0.05) is 10.6 Å². The molecule has 0 spiro atoms. The second-order valence-electron chi connectivity index (χ2n) is 6.37. The van der Waals surface area contributed by atoms with Crippen molar-refractivity contribution in [3.8, 4) is 0 Å². The lowest BCUT2D eigenvalue weighted by Gasteiger charge is -2.18. The van der Waals surface area contributed by atoms with Crippen molar-refractivity contribution in [2.45, 2.75) is 30.2 Å². The molecule has 136 valence electrons. The molecule has 3 rings (SSSR count). The van der Waals surface area contributed by atoms with E-state index in [1.807, 2.05) is 60.7 Å². The van der Waals surface area contributed by atoms with Gasteiger partial charge in [-0.05, 0) is 36.5 Å². The predicted molar refractivity (Wildman–Crippen MR) is 103 cm³/mol. The molecule has 1 atom stereocenters. The van der Waals surface area contributed by atoms with Gasteiger partial charge in [-0.1, -0.05) is 48.5 Å². The molecule has 0 saturated heterocycles. The Morgan fingerprint density at radius 2 is 1.69 bits per heavy atom. The van der Waals surface area contributed by atoms with Gasteiger partial charge in [0.2, 0.25) is 0 Å². The Kier molecular flexibility index (Phi) is 6.72. The minimum atomic E-state index is -0.341. The van der Waals surface area contributed by atoms with Crippen molar-refractivity contribution < 1.29 is 14.3 Å². The van der Waals surface area contributed by atoms with Crippen LogP contribution in [0.1, 0.15) is 30.9 Å². The molecule has 26 heavy (non-hydrogen) atoms. The largest absolute Gasteiger partial charge is 0.456 e. The van der Waals surface area contributed by atoms with Crippen LogP contribution in [0.4, 0.5) is 0 Å². The summed E-state index contributed by atoms with van der Waals surface area (Å²) in [5, 5.41) is 3.01. The number of nitrogens with one attached hydrogen (secondary N) is 1. The maximum Gasteiger partial charge on any atom is 0.307 e. The summed E-state index contributed by atoms with van der Waals surface area (Å²) in [4.78, 5) is 25.1. The zero-order valence-electron chi connectivity index (χ0n) is 14.6. The molecule has 4 nitrogen and oxygen atoms in total. The van der Waals surface area contributed by atoms with E-state index in [2.05, 4.69) is 5.32 Å². The van der Waals surface area contributed by atoms with Gasteiger partial charge in [0.15, 0.2) is 6.61 Å². The van der Waals surface area contributed by atoms with Crippen LogP contribution in [0.15, 0.2) is 65.6 Å². The van der Waals surface area contributed by atoms with E-state index >= 15 is 0 Å². The Balaban J connectivity index is 1.38. The number of amides is 1. The fourth-order valence-electron chi connectivity index (χ4n) is 2.77.